The summed E-state index contributed by atoms with van der Waals surface area (Å²) in [4.78, 5) is 1.13. The van der Waals surface area contributed by atoms with E-state index in [2.05, 4.69) is 21.2 Å². The standard InChI is InChI=1S/C14H14BrClFNS/c1-2-18-12(13-5-6-14(16)19-13)7-9-3-4-10(15)8-11(9)17/h3-6,8,12,18H,2,7H2,1H3. The molecule has 1 N–H and O–H groups in total. The molecular weight excluding hydrogens is 349 g/mol. The summed E-state index contributed by atoms with van der Waals surface area (Å²) in [5, 5.41) is 3.38. The molecule has 1 unspecified atom stereocenters. The first-order valence-electron chi connectivity index (χ1n) is 6.02. The molecule has 2 rings (SSSR count). The van der Waals surface area contributed by atoms with E-state index < -0.39 is 0 Å². The lowest BCUT2D eigenvalue weighted by molar-refractivity contribution is 0.534. The van der Waals surface area contributed by atoms with Gasteiger partial charge in [0.05, 0.1) is 4.34 Å². The Balaban J connectivity index is 2.21. The van der Waals surface area contributed by atoms with Gasteiger partial charge in [-0.3, -0.25) is 0 Å². The van der Waals surface area contributed by atoms with Gasteiger partial charge in [0.1, 0.15) is 5.82 Å². The minimum atomic E-state index is -0.181. The minimum Gasteiger partial charge on any atom is -0.309 e. The Bertz CT molecular complexity index is 558. The first-order chi connectivity index (χ1) is 9.10. The zero-order valence-electron chi connectivity index (χ0n) is 10.4. The second kappa shape index (κ2) is 6.84. The number of nitrogens with one attached hydrogen (secondary N) is 1. The molecule has 5 heteroatoms. The fraction of sp³-hybridized carbons (Fsp3) is 0.286. The van der Waals surface area contributed by atoms with Crippen molar-refractivity contribution in [2.24, 2.45) is 0 Å². The Morgan fingerprint density at radius 2 is 2.16 bits per heavy atom. The lowest BCUT2D eigenvalue weighted by atomic mass is 10.0. The molecule has 1 aromatic heterocycles. The van der Waals surface area contributed by atoms with Crippen LogP contribution in [0.2, 0.25) is 4.34 Å². The Hall–Kier alpha value is -0.420. The summed E-state index contributed by atoms with van der Waals surface area (Å²) in [7, 11) is 0. The van der Waals surface area contributed by atoms with E-state index in [0.717, 1.165) is 20.2 Å². The number of hydrogen-bond acceptors (Lipinski definition) is 2. The lowest BCUT2D eigenvalue weighted by Crippen LogP contribution is -2.22. The average molecular weight is 363 g/mol. The molecule has 0 radical (unpaired) electrons. The van der Waals surface area contributed by atoms with Gasteiger partial charge in [-0.2, -0.15) is 0 Å². The zero-order valence-corrected chi connectivity index (χ0v) is 13.6. The van der Waals surface area contributed by atoms with Crippen molar-refractivity contribution in [1.29, 1.82) is 0 Å². The fourth-order valence-corrected chi connectivity index (χ4v) is 3.41. The zero-order chi connectivity index (χ0) is 13.8. The van der Waals surface area contributed by atoms with E-state index in [0.29, 0.717) is 12.0 Å². The smallest absolute Gasteiger partial charge is 0.127 e. The number of thiophene rings is 1. The van der Waals surface area contributed by atoms with Crippen molar-refractivity contribution in [2.75, 3.05) is 6.54 Å². The Labute approximate surface area is 129 Å². The van der Waals surface area contributed by atoms with Crippen LogP contribution in [-0.4, -0.2) is 6.54 Å². The number of benzene rings is 1. The second-order valence-corrected chi connectivity index (χ2v) is 6.85. The van der Waals surface area contributed by atoms with E-state index in [1.165, 1.54) is 17.4 Å². The highest BCUT2D eigenvalue weighted by Gasteiger charge is 2.15. The second-order valence-electron chi connectivity index (χ2n) is 4.19. The van der Waals surface area contributed by atoms with Crippen LogP contribution in [0.3, 0.4) is 0 Å². The Morgan fingerprint density at radius 3 is 2.74 bits per heavy atom. The molecule has 102 valence electrons. The summed E-state index contributed by atoms with van der Waals surface area (Å²) in [6.07, 6.45) is 0.615. The van der Waals surface area contributed by atoms with Crippen LogP contribution >= 0.6 is 38.9 Å². The molecule has 1 nitrogen and oxygen atoms in total. The maximum absolute atomic E-state index is 13.9. The molecule has 0 spiro atoms. The van der Waals surface area contributed by atoms with Crippen molar-refractivity contribution in [2.45, 2.75) is 19.4 Å². The van der Waals surface area contributed by atoms with Gasteiger partial charge < -0.3 is 5.32 Å². The summed E-state index contributed by atoms with van der Waals surface area (Å²) in [6.45, 7) is 2.87. The fourth-order valence-electron chi connectivity index (χ4n) is 1.94. The predicted octanol–water partition coefficient (Wildman–Crippen LogP) is 5.20. The van der Waals surface area contributed by atoms with E-state index in [4.69, 9.17) is 11.6 Å². The van der Waals surface area contributed by atoms with Gasteiger partial charge in [-0.05, 0) is 42.8 Å². The molecule has 0 amide bonds. The molecule has 0 saturated heterocycles. The van der Waals surface area contributed by atoms with Crippen molar-refractivity contribution >= 4 is 38.9 Å². The van der Waals surface area contributed by atoms with Crippen LogP contribution in [0, 0.1) is 5.82 Å². The number of halogens is 3. The van der Waals surface area contributed by atoms with Crippen molar-refractivity contribution in [3.63, 3.8) is 0 Å². The predicted molar refractivity (Wildman–Crippen MR) is 83.6 cm³/mol. The van der Waals surface area contributed by atoms with E-state index in [1.807, 2.05) is 31.2 Å². The molecule has 0 bridgehead atoms. The molecule has 1 atom stereocenters. The highest BCUT2D eigenvalue weighted by atomic mass is 79.9. The van der Waals surface area contributed by atoms with Crippen LogP contribution in [-0.2, 0) is 6.42 Å². The van der Waals surface area contributed by atoms with Gasteiger partial charge in [-0.25, -0.2) is 4.39 Å². The highest BCUT2D eigenvalue weighted by Crippen LogP contribution is 2.30. The maximum Gasteiger partial charge on any atom is 0.127 e. The summed E-state index contributed by atoms with van der Waals surface area (Å²) >= 11 is 10.8. The van der Waals surface area contributed by atoms with Gasteiger partial charge in [0, 0.05) is 15.4 Å². The average Bonchev–Trinajstić information content (AvgIpc) is 2.78. The molecule has 1 aromatic carbocycles. The summed E-state index contributed by atoms with van der Waals surface area (Å²) in [6, 6.07) is 9.15. The van der Waals surface area contributed by atoms with Crippen LogP contribution < -0.4 is 5.32 Å². The van der Waals surface area contributed by atoms with Crippen LogP contribution in [0.25, 0.3) is 0 Å². The van der Waals surface area contributed by atoms with Crippen LogP contribution in [0.1, 0.15) is 23.4 Å². The molecule has 1 heterocycles. The topological polar surface area (TPSA) is 12.0 Å². The third-order valence-corrected chi connectivity index (χ3v) is 4.67. The SMILES string of the molecule is CCNC(Cc1ccc(Br)cc1F)c1ccc(Cl)s1. The van der Waals surface area contributed by atoms with E-state index in [-0.39, 0.29) is 11.9 Å². The van der Waals surface area contributed by atoms with Crippen LogP contribution in [0.5, 0.6) is 0 Å². The summed E-state index contributed by atoms with van der Waals surface area (Å²) < 4.78 is 15.4. The van der Waals surface area contributed by atoms with E-state index >= 15 is 0 Å². The molecule has 2 aromatic rings. The first kappa shape index (κ1) is 15.0. The van der Waals surface area contributed by atoms with Crippen molar-refractivity contribution in [1.82, 2.24) is 5.32 Å². The Kier molecular flexibility index (Phi) is 5.39. The normalized spacial score (nSPS) is 12.6. The summed E-state index contributed by atoms with van der Waals surface area (Å²) in [5.41, 5.74) is 0.707. The quantitative estimate of drug-likeness (QED) is 0.771. The van der Waals surface area contributed by atoms with Crippen LogP contribution in [0.4, 0.5) is 4.39 Å². The van der Waals surface area contributed by atoms with Crippen molar-refractivity contribution in [3.8, 4) is 0 Å². The largest absolute Gasteiger partial charge is 0.309 e. The number of rotatable bonds is 5. The van der Waals surface area contributed by atoms with Gasteiger partial charge in [0.15, 0.2) is 0 Å². The third-order valence-electron chi connectivity index (χ3n) is 2.83. The monoisotopic (exact) mass is 361 g/mol. The lowest BCUT2D eigenvalue weighted by Gasteiger charge is -2.17. The van der Waals surface area contributed by atoms with Crippen molar-refractivity contribution in [3.05, 3.63) is 55.4 Å². The van der Waals surface area contributed by atoms with Gasteiger partial charge >= 0.3 is 0 Å². The molecule has 19 heavy (non-hydrogen) atoms. The van der Waals surface area contributed by atoms with Gasteiger partial charge in [0.25, 0.3) is 0 Å². The molecule has 0 aliphatic carbocycles. The van der Waals surface area contributed by atoms with E-state index in [9.17, 15) is 4.39 Å². The van der Waals surface area contributed by atoms with Crippen molar-refractivity contribution < 1.29 is 4.39 Å². The number of likely N-dealkylation sites (N-methyl/N-ethyl adjacent to an activating group) is 1. The minimum absolute atomic E-state index is 0.0955. The molecular formula is C14H14BrClFNS. The van der Waals surface area contributed by atoms with E-state index in [1.54, 1.807) is 0 Å². The third kappa shape index (κ3) is 4.02. The molecule has 0 aliphatic rings. The maximum atomic E-state index is 13.9. The van der Waals surface area contributed by atoms with Gasteiger partial charge in [0.2, 0.25) is 0 Å². The van der Waals surface area contributed by atoms with Gasteiger partial charge in [-0.15, -0.1) is 11.3 Å². The molecule has 0 fully saturated rings. The number of hydrogen-bond donors (Lipinski definition) is 1. The Morgan fingerprint density at radius 1 is 1.37 bits per heavy atom. The highest BCUT2D eigenvalue weighted by molar-refractivity contribution is 9.10. The first-order valence-corrected chi connectivity index (χ1v) is 8.01. The molecule has 0 saturated carbocycles. The molecule has 0 aliphatic heterocycles. The van der Waals surface area contributed by atoms with Crippen LogP contribution in [0.15, 0.2) is 34.8 Å². The van der Waals surface area contributed by atoms with Gasteiger partial charge in [-0.1, -0.05) is 40.5 Å². The summed E-state index contributed by atoms with van der Waals surface area (Å²) in [5.74, 6) is -0.181.